The van der Waals surface area contributed by atoms with Gasteiger partial charge in [-0.05, 0) is 44.3 Å². The highest BCUT2D eigenvalue weighted by molar-refractivity contribution is 8.13. The van der Waals surface area contributed by atoms with Crippen molar-refractivity contribution in [3.8, 4) is 0 Å². The van der Waals surface area contributed by atoms with E-state index in [1.54, 1.807) is 12.1 Å². The van der Waals surface area contributed by atoms with Crippen LogP contribution in [0.3, 0.4) is 0 Å². The zero-order valence-electron chi connectivity index (χ0n) is 15.1. The Morgan fingerprint density at radius 3 is 2.44 bits per heavy atom. The standard InChI is InChI=1S/C17H22BN3O3S/c1-12(22)25-11-14(18-23-16(2,3)17(4,5)24-18)10-13-8-6-7-9-15(13)20-21-19/h6-10H,11H2,1-5H3. The highest BCUT2D eigenvalue weighted by Crippen LogP contribution is 2.39. The van der Waals surface area contributed by atoms with E-state index in [2.05, 4.69) is 10.0 Å². The van der Waals surface area contributed by atoms with Crippen molar-refractivity contribution < 1.29 is 14.1 Å². The van der Waals surface area contributed by atoms with Gasteiger partial charge in [-0.25, -0.2) is 0 Å². The maximum absolute atomic E-state index is 11.4. The van der Waals surface area contributed by atoms with Gasteiger partial charge in [-0.15, -0.1) is 0 Å². The zero-order valence-corrected chi connectivity index (χ0v) is 16.0. The van der Waals surface area contributed by atoms with Crippen LogP contribution < -0.4 is 0 Å². The molecule has 0 spiro atoms. The van der Waals surface area contributed by atoms with Gasteiger partial charge in [-0.3, -0.25) is 4.79 Å². The highest BCUT2D eigenvalue weighted by Gasteiger charge is 2.52. The van der Waals surface area contributed by atoms with Crippen LogP contribution >= 0.6 is 11.8 Å². The Hall–Kier alpha value is -1.73. The van der Waals surface area contributed by atoms with Crippen LogP contribution in [0.2, 0.25) is 0 Å². The van der Waals surface area contributed by atoms with Gasteiger partial charge in [0.05, 0.1) is 11.2 Å². The Bertz CT molecular complexity index is 726. The molecule has 0 aromatic heterocycles. The number of hydrogen-bond donors (Lipinski definition) is 0. The van der Waals surface area contributed by atoms with Gasteiger partial charge in [-0.1, -0.05) is 47.2 Å². The fourth-order valence-corrected chi connectivity index (χ4v) is 2.90. The molecule has 0 aliphatic carbocycles. The first-order chi connectivity index (χ1) is 11.7. The molecule has 6 nitrogen and oxygen atoms in total. The average molecular weight is 359 g/mol. The summed E-state index contributed by atoms with van der Waals surface area (Å²) in [6, 6.07) is 7.27. The summed E-state index contributed by atoms with van der Waals surface area (Å²) in [4.78, 5) is 14.3. The molecule has 1 aliphatic rings. The molecule has 25 heavy (non-hydrogen) atoms. The fourth-order valence-electron chi connectivity index (χ4n) is 2.31. The Morgan fingerprint density at radius 2 is 1.88 bits per heavy atom. The van der Waals surface area contributed by atoms with Crippen molar-refractivity contribution in [3.05, 3.63) is 45.7 Å². The van der Waals surface area contributed by atoms with Crippen LogP contribution in [0.25, 0.3) is 16.5 Å². The molecule has 0 bridgehead atoms. The van der Waals surface area contributed by atoms with Crippen molar-refractivity contribution in [3.63, 3.8) is 0 Å². The van der Waals surface area contributed by atoms with Crippen LogP contribution in [0, 0.1) is 0 Å². The maximum atomic E-state index is 11.4. The number of benzene rings is 1. The van der Waals surface area contributed by atoms with E-state index in [-0.39, 0.29) is 5.12 Å². The Kier molecular flexibility index (Phi) is 6.01. The van der Waals surface area contributed by atoms with Gasteiger partial charge in [-0.2, -0.15) is 0 Å². The van der Waals surface area contributed by atoms with Crippen molar-refractivity contribution >= 4 is 35.8 Å². The van der Waals surface area contributed by atoms with Crippen molar-refractivity contribution in [2.75, 3.05) is 5.75 Å². The number of nitrogens with zero attached hydrogens (tertiary/aromatic N) is 3. The lowest BCUT2D eigenvalue weighted by molar-refractivity contribution is -0.109. The third-order valence-electron chi connectivity index (χ3n) is 4.43. The van der Waals surface area contributed by atoms with Gasteiger partial charge in [0.25, 0.3) is 0 Å². The van der Waals surface area contributed by atoms with Crippen LogP contribution in [0.4, 0.5) is 5.69 Å². The minimum Gasteiger partial charge on any atom is -0.400 e. The quantitative estimate of drug-likeness (QED) is 0.323. The van der Waals surface area contributed by atoms with Crippen molar-refractivity contribution in [1.82, 2.24) is 0 Å². The summed E-state index contributed by atoms with van der Waals surface area (Å²) in [7, 11) is -0.559. The normalized spacial score (nSPS) is 18.8. The first-order valence-electron chi connectivity index (χ1n) is 8.00. The van der Waals surface area contributed by atoms with E-state index in [0.29, 0.717) is 11.4 Å². The molecule has 0 N–H and O–H groups in total. The van der Waals surface area contributed by atoms with E-state index in [9.17, 15) is 4.79 Å². The van der Waals surface area contributed by atoms with E-state index in [1.807, 2.05) is 45.9 Å². The molecule has 0 radical (unpaired) electrons. The molecule has 2 rings (SSSR count). The van der Waals surface area contributed by atoms with Crippen molar-refractivity contribution in [2.24, 2.45) is 5.11 Å². The monoisotopic (exact) mass is 359 g/mol. The summed E-state index contributed by atoms with van der Waals surface area (Å²) in [5.41, 5.74) is 9.90. The lowest BCUT2D eigenvalue weighted by Crippen LogP contribution is -2.41. The molecular formula is C17H22BN3O3S. The minimum absolute atomic E-state index is 0.0192. The summed E-state index contributed by atoms with van der Waals surface area (Å²) < 4.78 is 12.2. The predicted molar refractivity (Wildman–Crippen MR) is 102 cm³/mol. The second kappa shape index (κ2) is 7.66. The SMILES string of the molecule is CC(=O)SCC(=Cc1ccccc1N=[N+]=[N-])B1OC(C)(C)C(C)(C)O1. The van der Waals surface area contributed by atoms with Crippen LogP contribution in [0.1, 0.15) is 40.2 Å². The molecule has 132 valence electrons. The number of azide groups is 1. The van der Waals surface area contributed by atoms with Gasteiger partial charge < -0.3 is 9.31 Å². The van der Waals surface area contributed by atoms with Crippen LogP contribution in [-0.4, -0.2) is 29.2 Å². The number of carbonyl (C=O) groups excluding carboxylic acids is 1. The molecular weight excluding hydrogens is 337 g/mol. The average Bonchev–Trinajstić information content (AvgIpc) is 2.73. The maximum Gasteiger partial charge on any atom is 0.491 e. The Balaban J connectivity index is 2.40. The Labute approximate surface area is 152 Å². The number of hydrogen-bond acceptors (Lipinski definition) is 5. The molecule has 1 saturated heterocycles. The molecule has 1 heterocycles. The first kappa shape index (κ1) is 19.6. The van der Waals surface area contributed by atoms with Crippen molar-refractivity contribution in [1.29, 1.82) is 0 Å². The molecule has 1 aliphatic heterocycles. The van der Waals surface area contributed by atoms with E-state index in [4.69, 9.17) is 14.8 Å². The smallest absolute Gasteiger partial charge is 0.400 e. The van der Waals surface area contributed by atoms with E-state index in [0.717, 1.165) is 11.0 Å². The zero-order chi connectivity index (χ0) is 18.7. The number of carbonyl (C=O) groups is 1. The molecule has 0 unspecified atom stereocenters. The second-order valence-corrected chi connectivity index (χ2v) is 7.99. The molecule has 1 aromatic rings. The largest absolute Gasteiger partial charge is 0.491 e. The van der Waals surface area contributed by atoms with Gasteiger partial charge in [0.1, 0.15) is 0 Å². The summed E-state index contributed by atoms with van der Waals surface area (Å²) in [6.45, 7) is 9.46. The lowest BCUT2D eigenvalue weighted by atomic mass is 9.78. The van der Waals surface area contributed by atoms with Crippen LogP contribution in [0.5, 0.6) is 0 Å². The first-order valence-corrected chi connectivity index (χ1v) is 8.98. The molecule has 0 saturated carbocycles. The molecule has 8 heteroatoms. The minimum atomic E-state index is -0.559. The molecule has 0 amide bonds. The third-order valence-corrected chi connectivity index (χ3v) is 5.31. The molecule has 1 fully saturated rings. The number of thioether (sulfide) groups is 1. The second-order valence-electron chi connectivity index (χ2n) is 6.84. The van der Waals surface area contributed by atoms with E-state index < -0.39 is 18.3 Å². The van der Waals surface area contributed by atoms with Crippen LogP contribution in [-0.2, 0) is 14.1 Å². The van der Waals surface area contributed by atoms with Crippen molar-refractivity contribution in [2.45, 2.75) is 45.8 Å². The van der Waals surface area contributed by atoms with Crippen LogP contribution in [0.15, 0.2) is 34.9 Å². The third kappa shape index (κ3) is 4.67. The fraction of sp³-hybridized carbons (Fsp3) is 0.471. The summed E-state index contributed by atoms with van der Waals surface area (Å²) in [5, 5.41) is 3.74. The lowest BCUT2D eigenvalue weighted by Gasteiger charge is -2.32. The predicted octanol–water partition coefficient (Wildman–Crippen LogP) is 4.92. The van der Waals surface area contributed by atoms with Gasteiger partial charge in [0, 0.05) is 23.3 Å². The van der Waals surface area contributed by atoms with Gasteiger partial charge in [0.2, 0.25) is 0 Å². The Morgan fingerprint density at radius 1 is 1.28 bits per heavy atom. The van der Waals surface area contributed by atoms with Gasteiger partial charge in [0.15, 0.2) is 5.12 Å². The van der Waals surface area contributed by atoms with E-state index in [1.165, 1.54) is 18.7 Å². The molecule has 1 aromatic carbocycles. The molecule has 0 atom stereocenters. The number of rotatable bonds is 5. The highest BCUT2D eigenvalue weighted by atomic mass is 32.2. The van der Waals surface area contributed by atoms with E-state index >= 15 is 0 Å². The summed E-state index contributed by atoms with van der Waals surface area (Å²) >= 11 is 1.19. The van der Waals surface area contributed by atoms with Gasteiger partial charge >= 0.3 is 7.12 Å². The topological polar surface area (TPSA) is 84.3 Å². The summed E-state index contributed by atoms with van der Waals surface area (Å²) in [6.07, 6.45) is 1.88. The summed E-state index contributed by atoms with van der Waals surface area (Å²) in [5.74, 6) is 0.441.